The van der Waals surface area contributed by atoms with E-state index in [4.69, 9.17) is 4.74 Å². The van der Waals surface area contributed by atoms with Gasteiger partial charge in [-0.2, -0.15) is 0 Å². The maximum absolute atomic E-state index is 12.5. The largest absolute Gasteiger partial charge is 0.481 e. The number of hydrogen-bond acceptors (Lipinski definition) is 2. The first-order valence-corrected chi connectivity index (χ1v) is 8.39. The highest BCUT2D eigenvalue weighted by atomic mass is 16.5. The minimum Gasteiger partial charge on any atom is -0.481 e. The Labute approximate surface area is 145 Å². The number of amides is 1. The fraction of sp³-hybridized carbons (Fsp3) is 0.381. The quantitative estimate of drug-likeness (QED) is 0.875. The first-order chi connectivity index (χ1) is 11.3. The van der Waals surface area contributed by atoms with Crippen molar-refractivity contribution in [2.45, 2.75) is 53.7 Å². The van der Waals surface area contributed by atoms with Gasteiger partial charge in [0.2, 0.25) is 0 Å². The third-order valence-electron chi connectivity index (χ3n) is 4.26. The topological polar surface area (TPSA) is 38.3 Å². The molecule has 0 fully saturated rings. The van der Waals surface area contributed by atoms with Crippen molar-refractivity contribution in [2.75, 3.05) is 0 Å². The summed E-state index contributed by atoms with van der Waals surface area (Å²) in [6.45, 7) is 11.9. The van der Waals surface area contributed by atoms with E-state index in [1.165, 1.54) is 16.7 Å². The van der Waals surface area contributed by atoms with Gasteiger partial charge in [-0.15, -0.1) is 0 Å². The summed E-state index contributed by atoms with van der Waals surface area (Å²) in [5, 5.41) is 3.05. The summed E-state index contributed by atoms with van der Waals surface area (Å²) in [6.07, 6.45) is -0.543. The first-order valence-electron chi connectivity index (χ1n) is 8.39. The van der Waals surface area contributed by atoms with Gasteiger partial charge in [0.15, 0.2) is 6.10 Å². The Morgan fingerprint density at radius 3 is 2.21 bits per heavy atom. The number of aryl methyl sites for hydroxylation is 4. The molecule has 2 aromatic rings. The lowest BCUT2D eigenvalue weighted by atomic mass is 10.00. The maximum Gasteiger partial charge on any atom is 0.261 e. The van der Waals surface area contributed by atoms with Crippen LogP contribution in [0.15, 0.2) is 36.4 Å². The van der Waals surface area contributed by atoms with Gasteiger partial charge >= 0.3 is 0 Å². The van der Waals surface area contributed by atoms with Crippen LogP contribution in [-0.2, 0) is 4.79 Å². The molecule has 2 aromatic carbocycles. The Hall–Kier alpha value is -2.29. The summed E-state index contributed by atoms with van der Waals surface area (Å²) in [4.78, 5) is 12.5. The molecule has 0 saturated carbocycles. The highest BCUT2D eigenvalue weighted by Crippen LogP contribution is 2.21. The van der Waals surface area contributed by atoms with Crippen molar-refractivity contribution in [1.29, 1.82) is 0 Å². The van der Waals surface area contributed by atoms with Crippen molar-refractivity contribution < 1.29 is 9.53 Å². The minimum atomic E-state index is -0.543. The summed E-state index contributed by atoms with van der Waals surface area (Å²) in [5.41, 5.74) is 5.73. The molecule has 2 rings (SSSR count). The molecule has 2 atom stereocenters. The Kier molecular flexibility index (Phi) is 5.66. The van der Waals surface area contributed by atoms with Crippen LogP contribution < -0.4 is 10.1 Å². The molecule has 0 spiro atoms. The fourth-order valence-electron chi connectivity index (χ4n) is 2.81. The molecule has 0 aliphatic heterocycles. The van der Waals surface area contributed by atoms with Crippen LogP contribution in [0.1, 0.15) is 47.7 Å². The molecule has 128 valence electrons. The zero-order valence-corrected chi connectivity index (χ0v) is 15.4. The van der Waals surface area contributed by atoms with Crippen LogP contribution in [0.4, 0.5) is 0 Å². The molecule has 0 unspecified atom stereocenters. The molecule has 0 aliphatic carbocycles. The van der Waals surface area contributed by atoms with Crippen molar-refractivity contribution in [3.8, 4) is 5.75 Å². The molecular formula is C21H27NO2. The molecule has 3 heteroatoms. The summed E-state index contributed by atoms with van der Waals surface area (Å²) in [7, 11) is 0. The monoisotopic (exact) mass is 325 g/mol. The van der Waals surface area contributed by atoms with Gasteiger partial charge in [-0.3, -0.25) is 4.79 Å². The zero-order valence-electron chi connectivity index (χ0n) is 15.4. The average Bonchev–Trinajstić information content (AvgIpc) is 2.52. The minimum absolute atomic E-state index is 0.0532. The van der Waals surface area contributed by atoms with Crippen molar-refractivity contribution in [1.82, 2.24) is 5.32 Å². The van der Waals surface area contributed by atoms with Crippen molar-refractivity contribution in [3.05, 3.63) is 64.2 Å². The second-order valence-electron chi connectivity index (χ2n) is 6.62. The lowest BCUT2D eigenvalue weighted by Crippen LogP contribution is -2.38. The zero-order chi connectivity index (χ0) is 17.9. The van der Waals surface area contributed by atoms with Gasteiger partial charge < -0.3 is 10.1 Å². The number of carbonyl (C=O) groups excluding carboxylic acids is 1. The first kappa shape index (κ1) is 18.1. The normalized spacial score (nSPS) is 13.2. The van der Waals surface area contributed by atoms with Gasteiger partial charge in [0, 0.05) is 0 Å². The molecule has 1 amide bonds. The van der Waals surface area contributed by atoms with E-state index in [0.29, 0.717) is 0 Å². The lowest BCUT2D eigenvalue weighted by Gasteiger charge is -2.21. The van der Waals surface area contributed by atoms with Crippen LogP contribution in [0.25, 0.3) is 0 Å². The fourth-order valence-corrected chi connectivity index (χ4v) is 2.81. The van der Waals surface area contributed by atoms with E-state index in [2.05, 4.69) is 43.4 Å². The molecule has 0 heterocycles. The molecule has 0 saturated heterocycles. The Bertz CT molecular complexity index is 737. The Balaban J connectivity index is 2.04. The molecule has 1 N–H and O–H groups in total. The van der Waals surface area contributed by atoms with Gasteiger partial charge in [0.25, 0.3) is 5.91 Å². The lowest BCUT2D eigenvalue weighted by molar-refractivity contribution is -0.127. The SMILES string of the molecule is Cc1ccc(O[C@@H](C)C(=O)N[C@@H](C)c2cc(C)ccc2C)c(C)c1. The van der Waals surface area contributed by atoms with Gasteiger partial charge in [-0.25, -0.2) is 0 Å². The predicted molar refractivity (Wildman–Crippen MR) is 98.5 cm³/mol. The summed E-state index contributed by atoms with van der Waals surface area (Å²) in [5.74, 6) is 0.644. The second kappa shape index (κ2) is 7.52. The van der Waals surface area contributed by atoms with E-state index in [1.807, 2.05) is 32.9 Å². The molecule has 0 aromatic heterocycles. The summed E-state index contributed by atoms with van der Waals surface area (Å²) < 4.78 is 5.84. The van der Waals surface area contributed by atoms with Crippen LogP contribution in [-0.4, -0.2) is 12.0 Å². The number of rotatable bonds is 5. The summed E-state index contributed by atoms with van der Waals surface area (Å²) >= 11 is 0. The average molecular weight is 325 g/mol. The van der Waals surface area contributed by atoms with Gasteiger partial charge in [0.1, 0.15) is 5.75 Å². The van der Waals surface area contributed by atoms with Crippen molar-refractivity contribution in [2.24, 2.45) is 0 Å². The molecule has 0 aliphatic rings. The van der Waals surface area contributed by atoms with Gasteiger partial charge in [-0.1, -0.05) is 41.5 Å². The van der Waals surface area contributed by atoms with Crippen molar-refractivity contribution in [3.63, 3.8) is 0 Å². The molecule has 0 radical (unpaired) electrons. The number of hydrogen-bond donors (Lipinski definition) is 1. The van der Waals surface area contributed by atoms with Gasteiger partial charge in [-0.05, 0) is 64.3 Å². The molecule has 0 bridgehead atoms. The van der Waals surface area contributed by atoms with E-state index < -0.39 is 6.10 Å². The molecule has 24 heavy (non-hydrogen) atoms. The standard InChI is InChI=1S/C21H27NO2/c1-13-8-10-20(16(4)11-13)24-18(6)21(23)22-17(5)19-12-14(2)7-9-15(19)3/h7-12,17-18H,1-6H3,(H,22,23)/t17-,18-/m0/s1. The van der Waals surface area contributed by atoms with Gasteiger partial charge in [0.05, 0.1) is 6.04 Å². The smallest absolute Gasteiger partial charge is 0.261 e. The highest BCUT2D eigenvalue weighted by molar-refractivity contribution is 5.81. The number of carbonyl (C=O) groups is 1. The van der Waals surface area contributed by atoms with Crippen LogP contribution >= 0.6 is 0 Å². The number of benzene rings is 2. The van der Waals surface area contributed by atoms with E-state index in [0.717, 1.165) is 16.9 Å². The van der Waals surface area contributed by atoms with E-state index in [1.54, 1.807) is 6.92 Å². The summed E-state index contributed by atoms with van der Waals surface area (Å²) in [6, 6.07) is 12.2. The highest BCUT2D eigenvalue weighted by Gasteiger charge is 2.19. The van der Waals surface area contributed by atoms with Crippen LogP contribution in [0.2, 0.25) is 0 Å². The van der Waals surface area contributed by atoms with Crippen LogP contribution in [0.5, 0.6) is 5.75 Å². The Morgan fingerprint density at radius 2 is 1.54 bits per heavy atom. The number of ether oxygens (including phenoxy) is 1. The van der Waals surface area contributed by atoms with Crippen LogP contribution in [0, 0.1) is 27.7 Å². The van der Waals surface area contributed by atoms with Crippen LogP contribution in [0.3, 0.4) is 0 Å². The van der Waals surface area contributed by atoms with E-state index in [9.17, 15) is 4.79 Å². The Morgan fingerprint density at radius 1 is 0.917 bits per heavy atom. The van der Waals surface area contributed by atoms with E-state index >= 15 is 0 Å². The second-order valence-corrected chi connectivity index (χ2v) is 6.62. The maximum atomic E-state index is 12.5. The molecular weight excluding hydrogens is 298 g/mol. The number of nitrogens with one attached hydrogen (secondary N) is 1. The van der Waals surface area contributed by atoms with Crippen molar-refractivity contribution >= 4 is 5.91 Å². The third-order valence-corrected chi connectivity index (χ3v) is 4.26. The third kappa shape index (κ3) is 4.38. The molecule has 3 nitrogen and oxygen atoms in total. The van der Waals surface area contributed by atoms with E-state index in [-0.39, 0.29) is 11.9 Å². The predicted octanol–water partition coefficient (Wildman–Crippen LogP) is 4.56.